The Morgan fingerprint density at radius 2 is 2.50 bits per heavy atom. The summed E-state index contributed by atoms with van der Waals surface area (Å²) in [6.07, 6.45) is 4.39. The number of nitrogens with zero attached hydrogens (tertiary/aromatic N) is 2. The van der Waals surface area contributed by atoms with E-state index in [4.69, 9.17) is 5.26 Å². The van der Waals surface area contributed by atoms with E-state index in [0.29, 0.717) is 6.42 Å². The number of likely N-dealkylation sites (tertiary alicyclic amines) is 1. The molecule has 1 heterocycles. The van der Waals surface area contributed by atoms with Crippen LogP contribution in [0.15, 0.2) is 12.3 Å². The van der Waals surface area contributed by atoms with Gasteiger partial charge in [0.2, 0.25) is 5.91 Å². The zero-order chi connectivity index (χ0) is 7.40. The van der Waals surface area contributed by atoms with Crippen molar-refractivity contribution in [2.45, 2.75) is 12.8 Å². The second kappa shape index (κ2) is 3.02. The lowest BCUT2D eigenvalue weighted by Crippen LogP contribution is -2.16. The maximum absolute atomic E-state index is 10.8. The Morgan fingerprint density at radius 1 is 1.70 bits per heavy atom. The molecule has 0 unspecified atom stereocenters. The molecule has 1 aliphatic rings. The van der Waals surface area contributed by atoms with Crippen LogP contribution in [0.3, 0.4) is 0 Å². The quantitative estimate of drug-likeness (QED) is 0.496. The molecule has 1 aliphatic heterocycles. The molecule has 1 fully saturated rings. The van der Waals surface area contributed by atoms with Crippen molar-refractivity contribution < 1.29 is 4.79 Å². The van der Waals surface area contributed by atoms with Gasteiger partial charge in [-0.05, 0) is 6.42 Å². The van der Waals surface area contributed by atoms with Gasteiger partial charge in [0.05, 0.1) is 6.07 Å². The zero-order valence-corrected chi connectivity index (χ0v) is 5.58. The maximum Gasteiger partial charge on any atom is 0.226 e. The molecule has 0 aromatic rings. The van der Waals surface area contributed by atoms with Crippen LogP contribution in [0.4, 0.5) is 0 Å². The van der Waals surface area contributed by atoms with Crippen molar-refractivity contribution in [1.29, 1.82) is 5.26 Å². The van der Waals surface area contributed by atoms with Crippen LogP contribution in [-0.4, -0.2) is 17.4 Å². The molecule has 1 saturated heterocycles. The number of hydrogen-bond acceptors (Lipinski definition) is 2. The molecule has 0 radical (unpaired) electrons. The van der Waals surface area contributed by atoms with Crippen LogP contribution in [0.1, 0.15) is 12.8 Å². The summed E-state index contributed by atoms with van der Waals surface area (Å²) < 4.78 is 0. The van der Waals surface area contributed by atoms with Gasteiger partial charge in [-0.25, -0.2) is 0 Å². The van der Waals surface area contributed by atoms with E-state index >= 15 is 0 Å². The second-order valence-corrected chi connectivity index (χ2v) is 2.14. The van der Waals surface area contributed by atoms with Gasteiger partial charge in [-0.3, -0.25) is 4.79 Å². The van der Waals surface area contributed by atoms with Crippen LogP contribution >= 0.6 is 0 Å². The fourth-order valence-electron chi connectivity index (χ4n) is 0.950. The summed E-state index contributed by atoms with van der Waals surface area (Å²) in [7, 11) is 0. The Morgan fingerprint density at radius 3 is 3.00 bits per heavy atom. The number of allylic oxidation sites excluding steroid dienone is 1. The van der Waals surface area contributed by atoms with Gasteiger partial charge in [-0.2, -0.15) is 5.26 Å². The third-order valence-electron chi connectivity index (χ3n) is 1.44. The molecule has 3 nitrogen and oxygen atoms in total. The predicted molar refractivity (Wildman–Crippen MR) is 35.7 cm³/mol. The molecule has 0 N–H and O–H groups in total. The molecule has 0 saturated carbocycles. The van der Waals surface area contributed by atoms with E-state index < -0.39 is 0 Å². The largest absolute Gasteiger partial charge is 0.318 e. The molecule has 0 aromatic heterocycles. The van der Waals surface area contributed by atoms with Crippen molar-refractivity contribution in [2.24, 2.45) is 0 Å². The van der Waals surface area contributed by atoms with Crippen LogP contribution in [0.2, 0.25) is 0 Å². The Labute approximate surface area is 59.5 Å². The van der Waals surface area contributed by atoms with Gasteiger partial charge >= 0.3 is 0 Å². The summed E-state index contributed by atoms with van der Waals surface area (Å²) in [4.78, 5) is 12.4. The standard InChI is InChI=1S/C7H8N2O/c8-4-2-6-9-5-1-3-7(9)10/h2,6H,1,3,5H2/b6-2+. The van der Waals surface area contributed by atoms with Crippen molar-refractivity contribution in [1.82, 2.24) is 4.90 Å². The number of rotatable bonds is 1. The zero-order valence-electron chi connectivity index (χ0n) is 5.58. The first kappa shape index (κ1) is 6.81. The SMILES string of the molecule is N#C/C=C/N1CCCC1=O. The first-order valence-electron chi connectivity index (χ1n) is 3.20. The summed E-state index contributed by atoms with van der Waals surface area (Å²) in [5.41, 5.74) is 0. The lowest BCUT2D eigenvalue weighted by molar-refractivity contribution is -0.125. The number of amides is 1. The Balaban J connectivity index is 2.50. The molecule has 10 heavy (non-hydrogen) atoms. The molecule has 3 heteroatoms. The van der Waals surface area contributed by atoms with Crippen LogP contribution in [0.25, 0.3) is 0 Å². The van der Waals surface area contributed by atoms with Crippen LogP contribution < -0.4 is 0 Å². The van der Waals surface area contributed by atoms with Crippen LogP contribution in [0.5, 0.6) is 0 Å². The number of carbonyl (C=O) groups excluding carboxylic acids is 1. The second-order valence-electron chi connectivity index (χ2n) is 2.14. The molecule has 0 spiro atoms. The van der Waals surface area contributed by atoms with Gasteiger partial charge in [0.1, 0.15) is 0 Å². The van der Waals surface area contributed by atoms with Gasteiger partial charge < -0.3 is 4.90 Å². The normalized spacial score (nSPS) is 18.3. The number of hydrogen-bond donors (Lipinski definition) is 0. The topological polar surface area (TPSA) is 44.1 Å². The first-order valence-corrected chi connectivity index (χ1v) is 3.20. The van der Waals surface area contributed by atoms with Gasteiger partial charge in [0, 0.05) is 25.2 Å². The predicted octanol–water partition coefficient (Wildman–Crippen LogP) is 0.646. The number of carbonyl (C=O) groups is 1. The van der Waals surface area contributed by atoms with E-state index in [2.05, 4.69) is 0 Å². The molecule has 0 bridgehead atoms. The Bertz CT molecular complexity index is 202. The fraction of sp³-hybridized carbons (Fsp3) is 0.429. The van der Waals surface area contributed by atoms with Crippen molar-refractivity contribution >= 4 is 5.91 Å². The maximum atomic E-state index is 10.8. The average molecular weight is 136 g/mol. The van der Waals surface area contributed by atoms with E-state index in [1.54, 1.807) is 4.90 Å². The molecule has 0 aliphatic carbocycles. The molecular weight excluding hydrogens is 128 g/mol. The molecule has 1 amide bonds. The van der Waals surface area contributed by atoms with Gasteiger partial charge in [0.25, 0.3) is 0 Å². The van der Waals surface area contributed by atoms with Gasteiger partial charge in [-0.1, -0.05) is 0 Å². The average Bonchev–Trinajstić information content (AvgIpc) is 2.31. The summed E-state index contributed by atoms with van der Waals surface area (Å²) >= 11 is 0. The highest BCUT2D eigenvalue weighted by atomic mass is 16.2. The van der Waals surface area contributed by atoms with E-state index in [0.717, 1.165) is 13.0 Å². The van der Waals surface area contributed by atoms with E-state index in [9.17, 15) is 4.79 Å². The van der Waals surface area contributed by atoms with E-state index in [1.807, 2.05) is 6.07 Å². The van der Waals surface area contributed by atoms with Crippen molar-refractivity contribution in [2.75, 3.05) is 6.54 Å². The summed E-state index contributed by atoms with van der Waals surface area (Å²) in [5.74, 6) is 0.117. The summed E-state index contributed by atoms with van der Waals surface area (Å²) in [6, 6.07) is 1.84. The fourth-order valence-corrected chi connectivity index (χ4v) is 0.950. The van der Waals surface area contributed by atoms with E-state index in [-0.39, 0.29) is 5.91 Å². The highest BCUT2D eigenvalue weighted by Gasteiger charge is 2.16. The van der Waals surface area contributed by atoms with Gasteiger partial charge in [0.15, 0.2) is 0 Å². The third-order valence-corrected chi connectivity index (χ3v) is 1.44. The molecule has 52 valence electrons. The first-order chi connectivity index (χ1) is 4.84. The Kier molecular flexibility index (Phi) is 2.06. The van der Waals surface area contributed by atoms with Gasteiger partial charge in [-0.15, -0.1) is 0 Å². The monoisotopic (exact) mass is 136 g/mol. The highest BCUT2D eigenvalue weighted by molar-refractivity contribution is 5.79. The highest BCUT2D eigenvalue weighted by Crippen LogP contribution is 2.08. The lowest BCUT2D eigenvalue weighted by Gasteiger charge is -2.05. The van der Waals surface area contributed by atoms with Crippen LogP contribution in [0, 0.1) is 11.3 Å². The minimum Gasteiger partial charge on any atom is -0.318 e. The Hall–Kier alpha value is -1.30. The summed E-state index contributed by atoms with van der Waals surface area (Å²) in [5, 5.41) is 8.14. The minimum atomic E-state index is 0.117. The minimum absolute atomic E-state index is 0.117. The molecule has 0 aromatic carbocycles. The number of nitriles is 1. The third kappa shape index (κ3) is 1.35. The lowest BCUT2D eigenvalue weighted by atomic mass is 10.4. The molecule has 0 atom stereocenters. The smallest absolute Gasteiger partial charge is 0.226 e. The van der Waals surface area contributed by atoms with Crippen molar-refractivity contribution in [3.63, 3.8) is 0 Å². The van der Waals surface area contributed by atoms with Crippen molar-refractivity contribution in [3.8, 4) is 6.07 Å². The van der Waals surface area contributed by atoms with Crippen molar-refractivity contribution in [3.05, 3.63) is 12.3 Å². The summed E-state index contributed by atoms with van der Waals surface area (Å²) in [6.45, 7) is 0.761. The molecular formula is C7H8N2O. The molecule has 1 rings (SSSR count). The van der Waals surface area contributed by atoms with E-state index in [1.165, 1.54) is 12.3 Å². The van der Waals surface area contributed by atoms with Crippen LogP contribution in [-0.2, 0) is 4.79 Å².